The standard InChI is InChI=1S/C12H12N2O4/c15-11(16)10-8-18-12(14-10)17-7-1-2-9-3-5-13-6-4-9/h3-6,8H,1-2,7H2,(H,15,16). The molecule has 0 fully saturated rings. The highest BCUT2D eigenvalue weighted by molar-refractivity contribution is 5.84. The molecule has 0 aliphatic carbocycles. The number of carboxylic acid groups (broad SMARTS) is 1. The molecule has 2 aromatic rings. The van der Waals surface area contributed by atoms with Gasteiger partial charge in [0.1, 0.15) is 6.26 Å². The van der Waals surface area contributed by atoms with Crippen molar-refractivity contribution in [3.63, 3.8) is 0 Å². The highest BCUT2D eigenvalue weighted by atomic mass is 16.6. The van der Waals surface area contributed by atoms with Crippen molar-refractivity contribution in [3.8, 4) is 6.08 Å². The van der Waals surface area contributed by atoms with Crippen molar-refractivity contribution in [3.05, 3.63) is 42.0 Å². The van der Waals surface area contributed by atoms with Crippen molar-refractivity contribution in [1.82, 2.24) is 9.97 Å². The smallest absolute Gasteiger partial charge is 0.394 e. The highest BCUT2D eigenvalue weighted by Crippen LogP contribution is 2.10. The van der Waals surface area contributed by atoms with E-state index in [1.165, 1.54) is 5.56 Å². The van der Waals surface area contributed by atoms with Gasteiger partial charge in [0.15, 0.2) is 5.69 Å². The summed E-state index contributed by atoms with van der Waals surface area (Å²) in [7, 11) is 0. The van der Waals surface area contributed by atoms with Crippen LogP contribution in [0.2, 0.25) is 0 Å². The monoisotopic (exact) mass is 248 g/mol. The third kappa shape index (κ3) is 3.31. The van der Waals surface area contributed by atoms with Crippen molar-refractivity contribution < 1.29 is 19.1 Å². The van der Waals surface area contributed by atoms with E-state index in [1.54, 1.807) is 12.4 Å². The van der Waals surface area contributed by atoms with Gasteiger partial charge in [-0.1, -0.05) is 0 Å². The van der Waals surface area contributed by atoms with Crippen LogP contribution in [0.1, 0.15) is 22.5 Å². The Labute approximate surface area is 103 Å². The minimum absolute atomic E-state index is 0.0119. The minimum atomic E-state index is -1.13. The maximum atomic E-state index is 10.5. The highest BCUT2D eigenvalue weighted by Gasteiger charge is 2.10. The van der Waals surface area contributed by atoms with E-state index in [-0.39, 0.29) is 11.8 Å². The number of hydrogen-bond acceptors (Lipinski definition) is 5. The summed E-state index contributed by atoms with van der Waals surface area (Å²) >= 11 is 0. The predicted octanol–water partition coefficient (Wildman–Crippen LogP) is 1.78. The Morgan fingerprint density at radius 1 is 1.39 bits per heavy atom. The van der Waals surface area contributed by atoms with Crippen molar-refractivity contribution in [1.29, 1.82) is 0 Å². The zero-order valence-corrected chi connectivity index (χ0v) is 9.57. The van der Waals surface area contributed by atoms with E-state index < -0.39 is 5.97 Å². The Hall–Kier alpha value is -2.37. The van der Waals surface area contributed by atoms with Crippen molar-refractivity contribution in [2.75, 3.05) is 6.61 Å². The lowest BCUT2D eigenvalue weighted by Crippen LogP contribution is -2.01. The fourth-order valence-corrected chi connectivity index (χ4v) is 1.41. The first-order valence-electron chi connectivity index (χ1n) is 5.46. The van der Waals surface area contributed by atoms with Crippen LogP contribution in [0.15, 0.2) is 35.2 Å². The van der Waals surface area contributed by atoms with Crippen LogP contribution in [0.4, 0.5) is 0 Å². The van der Waals surface area contributed by atoms with E-state index in [0.29, 0.717) is 6.61 Å². The van der Waals surface area contributed by atoms with Gasteiger partial charge in [-0.05, 0) is 30.5 Å². The number of oxazole rings is 1. The summed E-state index contributed by atoms with van der Waals surface area (Å²) in [5.41, 5.74) is 1.02. The fraction of sp³-hybridized carbons (Fsp3) is 0.250. The van der Waals surface area contributed by atoms with Gasteiger partial charge in [0.05, 0.1) is 6.61 Å². The molecular formula is C12H12N2O4. The van der Waals surface area contributed by atoms with E-state index in [0.717, 1.165) is 19.1 Å². The number of aromatic nitrogens is 2. The van der Waals surface area contributed by atoms with Crippen molar-refractivity contribution in [2.24, 2.45) is 0 Å². The van der Waals surface area contributed by atoms with Crippen LogP contribution in [-0.2, 0) is 6.42 Å². The van der Waals surface area contributed by atoms with Crippen LogP contribution in [0.25, 0.3) is 0 Å². The SMILES string of the molecule is O=C(O)c1coc(OCCCc2ccncc2)n1. The zero-order chi connectivity index (χ0) is 12.8. The number of ether oxygens (including phenoxy) is 1. The Morgan fingerprint density at radius 2 is 2.17 bits per heavy atom. The second-order valence-electron chi connectivity index (χ2n) is 3.61. The molecule has 6 heteroatoms. The van der Waals surface area contributed by atoms with Crippen LogP contribution in [0.3, 0.4) is 0 Å². The summed E-state index contributed by atoms with van der Waals surface area (Å²) in [6.07, 6.45) is 6.17. The Bertz CT molecular complexity index is 510. The number of rotatable bonds is 6. The molecule has 0 aromatic carbocycles. The summed E-state index contributed by atoms with van der Waals surface area (Å²) in [6.45, 7) is 0.419. The molecule has 18 heavy (non-hydrogen) atoms. The molecule has 0 radical (unpaired) electrons. The maximum Gasteiger partial charge on any atom is 0.394 e. The molecule has 2 rings (SSSR count). The maximum absolute atomic E-state index is 10.5. The van der Waals surface area contributed by atoms with E-state index in [9.17, 15) is 4.79 Å². The number of nitrogens with zero attached hydrogens (tertiary/aromatic N) is 2. The third-order valence-electron chi connectivity index (χ3n) is 2.29. The van der Waals surface area contributed by atoms with Crippen molar-refractivity contribution in [2.45, 2.75) is 12.8 Å². The van der Waals surface area contributed by atoms with Gasteiger partial charge in [-0.3, -0.25) is 4.98 Å². The van der Waals surface area contributed by atoms with Gasteiger partial charge in [-0.25, -0.2) is 4.79 Å². The molecule has 0 bridgehead atoms. The van der Waals surface area contributed by atoms with Gasteiger partial charge in [0.2, 0.25) is 0 Å². The summed E-state index contributed by atoms with van der Waals surface area (Å²) in [5.74, 6) is -1.13. The average Bonchev–Trinajstić information content (AvgIpc) is 2.85. The molecule has 0 aliphatic heterocycles. The lowest BCUT2D eigenvalue weighted by atomic mass is 10.1. The molecule has 6 nitrogen and oxygen atoms in total. The molecule has 0 saturated heterocycles. The van der Waals surface area contributed by atoms with Crippen LogP contribution in [-0.4, -0.2) is 27.7 Å². The van der Waals surface area contributed by atoms with Gasteiger partial charge in [-0.2, -0.15) is 4.98 Å². The first-order valence-corrected chi connectivity index (χ1v) is 5.46. The molecule has 0 aliphatic rings. The molecule has 0 amide bonds. The molecule has 2 heterocycles. The first-order chi connectivity index (χ1) is 8.75. The first kappa shape index (κ1) is 12.1. The van der Waals surface area contributed by atoms with E-state index >= 15 is 0 Å². The van der Waals surface area contributed by atoms with E-state index in [2.05, 4.69) is 9.97 Å². The lowest BCUT2D eigenvalue weighted by Gasteiger charge is -2.01. The van der Waals surface area contributed by atoms with Gasteiger partial charge >= 0.3 is 12.0 Å². The van der Waals surface area contributed by atoms with Crippen LogP contribution in [0.5, 0.6) is 6.08 Å². The summed E-state index contributed by atoms with van der Waals surface area (Å²) < 4.78 is 10.1. The summed E-state index contributed by atoms with van der Waals surface area (Å²) in [5, 5.41) is 8.63. The fourth-order valence-electron chi connectivity index (χ4n) is 1.41. The molecule has 0 atom stereocenters. The van der Waals surface area contributed by atoms with Gasteiger partial charge < -0.3 is 14.3 Å². The molecule has 0 unspecified atom stereocenters. The second kappa shape index (κ2) is 5.81. The topological polar surface area (TPSA) is 85.5 Å². The number of aryl methyl sites for hydroxylation is 1. The quantitative estimate of drug-likeness (QED) is 0.784. The van der Waals surface area contributed by atoms with Crippen LogP contribution in [0, 0.1) is 0 Å². The molecular weight excluding hydrogens is 236 g/mol. The minimum Gasteiger partial charge on any atom is -0.476 e. The number of carboxylic acids is 1. The number of hydrogen-bond donors (Lipinski definition) is 1. The molecule has 1 N–H and O–H groups in total. The zero-order valence-electron chi connectivity index (χ0n) is 9.57. The largest absolute Gasteiger partial charge is 0.476 e. The average molecular weight is 248 g/mol. The van der Waals surface area contributed by atoms with Crippen LogP contribution >= 0.6 is 0 Å². The number of aromatic carboxylic acids is 1. The summed E-state index contributed by atoms with van der Waals surface area (Å²) in [4.78, 5) is 18.1. The molecule has 0 spiro atoms. The molecule has 94 valence electrons. The Balaban J connectivity index is 1.73. The third-order valence-corrected chi connectivity index (χ3v) is 2.29. The Kier molecular flexibility index (Phi) is 3.90. The number of pyridine rings is 1. The van der Waals surface area contributed by atoms with E-state index in [1.807, 2.05) is 12.1 Å². The van der Waals surface area contributed by atoms with Gasteiger partial charge in [-0.15, -0.1) is 0 Å². The molecule has 0 saturated carbocycles. The van der Waals surface area contributed by atoms with E-state index in [4.69, 9.17) is 14.3 Å². The van der Waals surface area contributed by atoms with Crippen molar-refractivity contribution >= 4 is 5.97 Å². The second-order valence-corrected chi connectivity index (χ2v) is 3.61. The number of carbonyl (C=O) groups is 1. The molecule has 2 aromatic heterocycles. The van der Waals surface area contributed by atoms with Gasteiger partial charge in [0.25, 0.3) is 0 Å². The predicted molar refractivity (Wildman–Crippen MR) is 61.5 cm³/mol. The van der Waals surface area contributed by atoms with Gasteiger partial charge in [0, 0.05) is 12.4 Å². The lowest BCUT2D eigenvalue weighted by molar-refractivity contribution is 0.0690. The summed E-state index contributed by atoms with van der Waals surface area (Å²) in [6, 6.07) is 3.88. The Morgan fingerprint density at radius 3 is 2.83 bits per heavy atom. The normalized spacial score (nSPS) is 10.2. The van der Waals surface area contributed by atoms with Crippen LogP contribution < -0.4 is 4.74 Å².